The maximum atomic E-state index is 12.5. The Morgan fingerprint density at radius 2 is 2.05 bits per heavy atom. The first-order chi connectivity index (χ1) is 8.70. The number of aromatic nitrogens is 3. The molecule has 0 amide bonds. The van der Waals surface area contributed by atoms with Crippen LogP contribution in [-0.2, 0) is 24.4 Å². The lowest BCUT2D eigenvalue weighted by Gasteiger charge is -2.07. The summed E-state index contributed by atoms with van der Waals surface area (Å²) in [5.74, 6) is -1.19. The third kappa shape index (κ3) is 2.30. The van der Waals surface area contributed by atoms with Gasteiger partial charge in [-0.05, 0) is 0 Å². The Morgan fingerprint density at radius 1 is 1.42 bits per heavy atom. The average molecular weight is 275 g/mol. The van der Waals surface area contributed by atoms with Crippen molar-refractivity contribution in [3.63, 3.8) is 0 Å². The fourth-order valence-corrected chi connectivity index (χ4v) is 1.68. The second-order valence-electron chi connectivity index (χ2n) is 3.90. The molecule has 1 N–H and O–H groups in total. The number of alkyl halides is 3. The first-order valence-corrected chi connectivity index (χ1v) is 5.08. The SMILES string of the molecule is Cn1c(CC(=O)O)cc(=O)n2nc(C(F)(F)F)cc12. The summed E-state index contributed by atoms with van der Waals surface area (Å²) < 4.78 is 39.3. The molecular weight excluding hydrogens is 267 g/mol. The predicted molar refractivity (Wildman–Crippen MR) is 56.8 cm³/mol. The maximum absolute atomic E-state index is 12.5. The first-order valence-electron chi connectivity index (χ1n) is 5.08. The number of carbonyl (C=O) groups is 1. The van der Waals surface area contributed by atoms with Crippen LogP contribution in [0.2, 0.25) is 0 Å². The van der Waals surface area contributed by atoms with Crippen LogP contribution in [0.15, 0.2) is 16.9 Å². The van der Waals surface area contributed by atoms with Gasteiger partial charge >= 0.3 is 12.1 Å². The van der Waals surface area contributed by atoms with Gasteiger partial charge in [0.05, 0.1) is 6.42 Å². The zero-order chi connectivity index (χ0) is 14.4. The molecule has 9 heteroatoms. The number of hydrogen-bond donors (Lipinski definition) is 1. The van der Waals surface area contributed by atoms with Gasteiger partial charge in [0, 0.05) is 24.9 Å². The van der Waals surface area contributed by atoms with E-state index in [1.54, 1.807) is 0 Å². The molecule has 0 aliphatic rings. The Labute approximate surface area is 103 Å². The zero-order valence-electron chi connectivity index (χ0n) is 9.60. The van der Waals surface area contributed by atoms with Crippen LogP contribution in [0.5, 0.6) is 0 Å². The lowest BCUT2D eigenvalue weighted by molar-refractivity contribution is -0.141. The summed E-state index contributed by atoms with van der Waals surface area (Å²) in [5.41, 5.74) is -2.03. The lowest BCUT2D eigenvalue weighted by Crippen LogP contribution is -2.21. The van der Waals surface area contributed by atoms with Gasteiger partial charge in [-0.3, -0.25) is 9.59 Å². The molecule has 2 aromatic rings. The fraction of sp³-hybridized carbons (Fsp3) is 0.300. The molecule has 0 aromatic carbocycles. The van der Waals surface area contributed by atoms with E-state index in [0.29, 0.717) is 10.6 Å². The zero-order valence-corrected chi connectivity index (χ0v) is 9.60. The van der Waals surface area contributed by atoms with Gasteiger partial charge in [-0.1, -0.05) is 0 Å². The minimum Gasteiger partial charge on any atom is -0.481 e. The van der Waals surface area contributed by atoms with E-state index in [4.69, 9.17) is 5.11 Å². The van der Waals surface area contributed by atoms with Crippen LogP contribution in [-0.4, -0.2) is 25.3 Å². The van der Waals surface area contributed by atoms with Gasteiger partial charge in [-0.15, -0.1) is 0 Å². The average Bonchev–Trinajstić information content (AvgIpc) is 2.69. The predicted octanol–water partition coefficient (Wildman–Crippen LogP) is 0.679. The van der Waals surface area contributed by atoms with E-state index in [0.717, 1.165) is 6.07 Å². The molecular formula is C10H8F3N3O3. The van der Waals surface area contributed by atoms with Crippen molar-refractivity contribution in [3.05, 3.63) is 33.9 Å². The van der Waals surface area contributed by atoms with Crippen molar-refractivity contribution in [2.45, 2.75) is 12.6 Å². The number of fused-ring (bicyclic) bond motifs is 1. The van der Waals surface area contributed by atoms with Gasteiger partial charge < -0.3 is 9.67 Å². The van der Waals surface area contributed by atoms with Crippen molar-refractivity contribution < 1.29 is 23.1 Å². The van der Waals surface area contributed by atoms with E-state index in [1.165, 1.54) is 11.6 Å². The third-order valence-corrected chi connectivity index (χ3v) is 2.59. The Kier molecular flexibility index (Phi) is 2.84. The Morgan fingerprint density at radius 3 is 2.58 bits per heavy atom. The van der Waals surface area contributed by atoms with Gasteiger partial charge in [0.25, 0.3) is 5.56 Å². The molecule has 0 fully saturated rings. The number of carboxylic acids is 1. The summed E-state index contributed by atoms with van der Waals surface area (Å²) in [6, 6.07) is 1.65. The number of aliphatic carboxylic acids is 1. The van der Waals surface area contributed by atoms with E-state index in [1.807, 2.05) is 0 Å². The molecule has 0 radical (unpaired) electrons. The second-order valence-corrected chi connectivity index (χ2v) is 3.90. The molecule has 2 rings (SSSR count). The summed E-state index contributed by atoms with van der Waals surface area (Å²) in [6.45, 7) is 0. The molecule has 0 aliphatic heterocycles. The molecule has 2 heterocycles. The van der Waals surface area contributed by atoms with Crippen LogP contribution in [0.3, 0.4) is 0 Å². The van der Waals surface area contributed by atoms with Gasteiger partial charge in [0.15, 0.2) is 5.69 Å². The van der Waals surface area contributed by atoms with Crippen molar-refractivity contribution in [1.82, 2.24) is 14.2 Å². The minimum absolute atomic E-state index is 0.0959. The number of carboxylic acid groups (broad SMARTS) is 1. The maximum Gasteiger partial charge on any atom is 0.435 e. The summed E-state index contributed by atoms with van der Waals surface area (Å²) in [7, 11) is 1.37. The lowest BCUT2D eigenvalue weighted by atomic mass is 10.3. The van der Waals surface area contributed by atoms with Crippen molar-refractivity contribution in [2.75, 3.05) is 0 Å². The van der Waals surface area contributed by atoms with Crippen LogP contribution in [0.1, 0.15) is 11.4 Å². The van der Waals surface area contributed by atoms with Gasteiger partial charge in [-0.25, -0.2) is 0 Å². The molecule has 19 heavy (non-hydrogen) atoms. The molecule has 102 valence electrons. The molecule has 0 saturated heterocycles. The number of aryl methyl sites for hydroxylation is 1. The Bertz CT molecular complexity index is 714. The molecule has 0 atom stereocenters. The van der Waals surface area contributed by atoms with Crippen molar-refractivity contribution in [1.29, 1.82) is 0 Å². The Balaban J connectivity index is 2.71. The van der Waals surface area contributed by atoms with Crippen molar-refractivity contribution in [3.8, 4) is 0 Å². The van der Waals surface area contributed by atoms with E-state index in [-0.39, 0.29) is 11.3 Å². The molecule has 0 unspecified atom stereocenters. The van der Waals surface area contributed by atoms with Crippen LogP contribution in [0.25, 0.3) is 5.65 Å². The van der Waals surface area contributed by atoms with E-state index < -0.39 is 29.8 Å². The molecule has 2 aromatic heterocycles. The number of halogens is 3. The molecule has 0 bridgehead atoms. The third-order valence-electron chi connectivity index (χ3n) is 2.59. The monoisotopic (exact) mass is 275 g/mol. The van der Waals surface area contributed by atoms with Gasteiger partial charge in [0.2, 0.25) is 0 Å². The summed E-state index contributed by atoms with van der Waals surface area (Å²) in [6.07, 6.45) is -5.13. The normalized spacial score (nSPS) is 12.0. The molecule has 0 aliphatic carbocycles. The molecule has 6 nitrogen and oxygen atoms in total. The number of nitrogens with zero attached hydrogens (tertiary/aromatic N) is 3. The van der Waals surface area contributed by atoms with Crippen LogP contribution in [0.4, 0.5) is 13.2 Å². The highest BCUT2D eigenvalue weighted by Crippen LogP contribution is 2.28. The van der Waals surface area contributed by atoms with Crippen LogP contribution < -0.4 is 5.56 Å². The summed E-state index contributed by atoms with van der Waals surface area (Å²) in [4.78, 5) is 22.2. The van der Waals surface area contributed by atoms with E-state index in [9.17, 15) is 22.8 Å². The standard InChI is InChI=1S/C10H8F3N3O3/c1-15-5(3-9(18)19)2-8(17)16-7(15)4-6(14-16)10(11,12)13/h2,4H,3H2,1H3,(H,18,19). The van der Waals surface area contributed by atoms with E-state index >= 15 is 0 Å². The highest BCUT2D eigenvalue weighted by Gasteiger charge is 2.34. The van der Waals surface area contributed by atoms with Crippen molar-refractivity contribution >= 4 is 11.6 Å². The largest absolute Gasteiger partial charge is 0.481 e. The van der Waals surface area contributed by atoms with E-state index in [2.05, 4.69) is 5.10 Å². The quantitative estimate of drug-likeness (QED) is 0.874. The first kappa shape index (κ1) is 13.1. The smallest absolute Gasteiger partial charge is 0.435 e. The minimum atomic E-state index is -4.67. The molecule has 0 spiro atoms. The van der Waals surface area contributed by atoms with Gasteiger partial charge in [-0.2, -0.15) is 22.8 Å². The number of hydrogen-bond acceptors (Lipinski definition) is 3. The van der Waals surface area contributed by atoms with Crippen molar-refractivity contribution in [2.24, 2.45) is 7.05 Å². The molecule has 0 saturated carbocycles. The summed E-state index contributed by atoms with van der Waals surface area (Å²) >= 11 is 0. The topological polar surface area (TPSA) is 76.6 Å². The highest BCUT2D eigenvalue weighted by molar-refractivity contribution is 5.69. The van der Waals surface area contributed by atoms with Crippen LogP contribution >= 0.6 is 0 Å². The summed E-state index contributed by atoms with van der Waals surface area (Å²) in [5, 5.41) is 11.8. The highest BCUT2D eigenvalue weighted by atomic mass is 19.4. The van der Waals surface area contributed by atoms with Crippen LogP contribution in [0, 0.1) is 0 Å². The van der Waals surface area contributed by atoms with Gasteiger partial charge in [0.1, 0.15) is 5.65 Å². The number of rotatable bonds is 2. The Hall–Kier alpha value is -2.32. The second kappa shape index (κ2) is 4.11. The fourth-order valence-electron chi connectivity index (χ4n) is 1.68.